The average molecular weight is 669 g/mol. The second kappa shape index (κ2) is 17.3. The Bertz CT molecular complexity index is 1580. The number of unbranched alkanes of at least 4 members (excludes halogenated alkanes) is 2. The first kappa shape index (κ1) is 35.1. The Hall–Kier alpha value is -5.19. The fraction of sp³-hybridized carbons (Fsp3) is 0.395. The molecule has 0 spiro atoms. The van der Waals surface area contributed by atoms with Crippen molar-refractivity contribution in [2.45, 2.75) is 75.5 Å². The van der Waals surface area contributed by atoms with Gasteiger partial charge in [0, 0.05) is 19.4 Å². The molecule has 0 unspecified atom stereocenters. The number of ether oxygens (including phenoxy) is 2. The zero-order valence-corrected chi connectivity index (χ0v) is 27.8. The Balaban J connectivity index is 1.31. The summed E-state index contributed by atoms with van der Waals surface area (Å²) in [4.78, 5) is 69.3. The van der Waals surface area contributed by atoms with Crippen molar-refractivity contribution in [1.29, 1.82) is 0 Å². The summed E-state index contributed by atoms with van der Waals surface area (Å²) < 4.78 is 10.6. The van der Waals surface area contributed by atoms with E-state index in [1.807, 2.05) is 48.5 Å². The third kappa shape index (κ3) is 9.68. The van der Waals surface area contributed by atoms with Crippen molar-refractivity contribution in [3.63, 3.8) is 0 Å². The summed E-state index contributed by atoms with van der Waals surface area (Å²) in [5, 5.41) is 8.73. The van der Waals surface area contributed by atoms with E-state index < -0.39 is 42.0 Å². The number of fused-ring (bicyclic) bond motifs is 1. The van der Waals surface area contributed by atoms with Gasteiger partial charge in [-0.25, -0.2) is 4.79 Å². The quantitative estimate of drug-likeness (QED) is 0.199. The van der Waals surface area contributed by atoms with Crippen LogP contribution in [-0.2, 0) is 36.8 Å². The highest BCUT2D eigenvalue weighted by Crippen LogP contribution is 2.21. The number of methoxy groups -OCH3 is 1. The first-order chi connectivity index (χ1) is 23.8. The number of hydrogen-bond donors (Lipinski definition) is 3. The van der Waals surface area contributed by atoms with Gasteiger partial charge >= 0.3 is 5.97 Å². The lowest BCUT2D eigenvalue weighted by Crippen LogP contribution is -2.61. The van der Waals surface area contributed by atoms with Crippen molar-refractivity contribution in [3.8, 4) is 5.75 Å². The van der Waals surface area contributed by atoms with Crippen molar-refractivity contribution < 1.29 is 33.4 Å². The van der Waals surface area contributed by atoms with Crippen LogP contribution in [0, 0.1) is 0 Å². The Morgan fingerprint density at radius 3 is 2.04 bits per heavy atom. The molecule has 4 amide bonds. The SMILES string of the molecule is COc1ccc(C[C@H]2NC(=O)[C@H](CCCCCOC(=O)c3ccccc3)NC(=O)[C@H]3CCCN3C(=O)[C@H](Cc3ccccc3)NC2=O)cc1. The predicted molar refractivity (Wildman–Crippen MR) is 183 cm³/mol. The maximum absolute atomic E-state index is 14.0. The Morgan fingerprint density at radius 2 is 1.33 bits per heavy atom. The van der Waals surface area contributed by atoms with E-state index in [2.05, 4.69) is 16.0 Å². The average Bonchev–Trinajstić information content (AvgIpc) is 3.62. The molecular formula is C38H44N4O7. The molecule has 2 heterocycles. The summed E-state index contributed by atoms with van der Waals surface area (Å²) in [5.74, 6) is -1.42. The normalized spacial score (nSPS) is 21.4. The van der Waals surface area contributed by atoms with Crippen LogP contribution in [0.25, 0.3) is 0 Å². The van der Waals surface area contributed by atoms with E-state index in [1.165, 1.54) is 0 Å². The van der Waals surface area contributed by atoms with Gasteiger partial charge in [0.05, 0.1) is 19.3 Å². The van der Waals surface area contributed by atoms with Crippen molar-refractivity contribution in [2.24, 2.45) is 0 Å². The van der Waals surface area contributed by atoms with Gasteiger partial charge in [-0.05, 0) is 67.5 Å². The summed E-state index contributed by atoms with van der Waals surface area (Å²) in [6, 6.07) is 21.7. The van der Waals surface area contributed by atoms with Gasteiger partial charge in [0.15, 0.2) is 0 Å². The highest BCUT2D eigenvalue weighted by Gasteiger charge is 2.40. The topological polar surface area (TPSA) is 143 Å². The molecule has 0 saturated carbocycles. The van der Waals surface area contributed by atoms with Gasteiger partial charge in [-0.15, -0.1) is 0 Å². The van der Waals surface area contributed by atoms with Crippen LogP contribution in [0.15, 0.2) is 84.9 Å². The molecule has 258 valence electrons. The second-order valence-electron chi connectivity index (χ2n) is 12.5. The first-order valence-corrected chi connectivity index (χ1v) is 16.9. The van der Waals surface area contributed by atoms with Crippen molar-refractivity contribution >= 4 is 29.6 Å². The number of rotatable bonds is 12. The van der Waals surface area contributed by atoms with Crippen molar-refractivity contribution in [2.75, 3.05) is 20.3 Å². The van der Waals surface area contributed by atoms with Gasteiger partial charge in [0.2, 0.25) is 23.6 Å². The standard InChI is InChI=1S/C38H44N4O7/c1-48-29-20-18-27(19-21-29)24-31-35(44)41-32(25-26-12-5-2-6-13-26)37(46)42-22-11-17-33(42)36(45)39-30(34(43)40-31)16-9-4-10-23-49-38(47)28-14-7-3-8-15-28/h2-3,5-8,12-15,18-21,30-33H,4,9-11,16-17,22-25H2,1H3,(H,39,45)(H,40,43)(H,41,44)/t30-,31+,32-,33+/m0/s1. The first-order valence-electron chi connectivity index (χ1n) is 16.9. The highest BCUT2D eigenvalue weighted by molar-refractivity contribution is 5.98. The molecular weight excluding hydrogens is 624 g/mol. The summed E-state index contributed by atoms with van der Waals surface area (Å²) in [6.45, 7) is 0.607. The third-order valence-electron chi connectivity index (χ3n) is 8.98. The largest absolute Gasteiger partial charge is 0.497 e. The number of esters is 1. The summed E-state index contributed by atoms with van der Waals surface area (Å²) in [7, 11) is 1.57. The summed E-state index contributed by atoms with van der Waals surface area (Å²) in [5.41, 5.74) is 2.12. The molecule has 2 fully saturated rings. The molecule has 0 radical (unpaired) electrons. The maximum atomic E-state index is 14.0. The molecule has 5 rings (SSSR count). The van der Waals surface area contributed by atoms with Gasteiger partial charge in [0.25, 0.3) is 0 Å². The molecule has 3 N–H and O–H groups in total. The van der Waals surface area contributed by atoms with Crippen molar-refractivity contribution in [1.82, 2.24) is 20.9 Å². The van der Waals surface area contributed by atoms with E-state index in [-0.39, 0.29) is 31.3 Å². The number of benzene rings is 3. The molecule has 4 atom stereocenters. The molecule has 0 aliphatic carbocycles. The molecule has 2 aliphatic heterocycles. The fourth-order valence-corrected chi connectivity index (χ4v) is 6.29. The lowest BCUT2D eigenvalue weighted by Gasteiger charge is -2.32. The lowest BCUT2D eigenvalue weighted by atomic mass is 10.00. The number of nitrogens with zero attached hydrogens (tertiary/aromatic N) is 1. The van der Waals surface area contributed by atoms with E-state index in [1.54, 1.807) is 48.4 Å². The molecule has 0 bridgehead atoms. The summed E-state index contributed by atoms with van der Waals surface area (Å²) >= 11 is 0. The number of carbonyl (C=O) groups is 5. The van der Waals surface area contributed by atoms with Crippen molar-refractivity contribution in [3.05, 3.63) is 102 Å². The molecule has 2 saturated heterocycles. The Morgan fingerprint density at radius 1 is 0.714 bits per heavy atom. The zero-order chi connectivity index (χ0) is 34.6. The van der Waals surface area contributed by atoms with E-state index in [9.17, 15) is 24.0 Å². The van der Waals surface area contributed by atoms with Crippen LogP contribution in [0.1, 0.15) is 60.0 Å². The van der Waals surface area contributed by atoms with Crippen LogP contribution in [0.3, 0.4) is 0 Å². The molecule has 3 aromatic carbocycles. The Labute approximate surface area is 286 Å². The molecule has 49 heavy (non-hydrogen) atoms. The maximum Gasteiger partial charge on any atom is 0.338 e. The molecule has 11 nitrogen and oxygen atoms in total. The number of carbonyl (C=O) groups excluding carboxylic acids is 5. The highest BCUT2D eigenvalue weighted by atomic mass is 16.5. The van der Waals surface area contributed by atoms with Gasteiger partial charge in [-0.3, -0.25) is 19.2 Å². The van der Waals surface area contributed by atoms with E-state index in [0.717, 1.165) is 11.1 Å². The smallest absolute Gasteiger partial charge is 0.338 e. The van der Waals surface area contributed by atoms with E-state index >= 15 is 0 Å². The van der Waals surface area contributed by atoms with Crippen LogP contribution >= 0.6 is 0 Å². The van der Waals surface area contributed by atoms with Crippen LogP contribution in [0.4, 0.5) is 0 Å². The molecule has 3 aromatic rings. The molecule has 2 aliphatic rings. The molecule has 0 aromatic heterocycles. The zero-order valence-electron chi connectivity index (χ0n) is 27.8. The van der Waals surface area contributed by atoms with Gasteiger partial charge < -0.3 is 30.3 Å². The number of hydrogen-bond acceptors (Lipinski definition) is 7. The van der Waals surface area contributed by atoms with Gasteiger partial charge in [-0.1, -0.05) is 67.1 Å². The minimum Gasteiger partial charge on any atom is -0.497 e. The second-order valence-corrected chi connectivity index (χ2v) is 12.5. The van der Waals surface area contributed by atoms with Crippen LogP contribution in [0.5, 0.6) is 5.75 Å². The minimum atomic E-state index is -1.02. The van der Waals surface area contributed by atoms with Crippen LogP contribution < -0.4 is 20.7 Å². The van der Waals surface area contributed by atoms with Gasteiger partial charge in [0.1, 0.15) is 29.9 Å². The number of nitrogens with one attached hydrogen (secondary N) is 3. The molecule has 11 heteroatoms. The van der Waals surface area contributed by atoms with Gasteiger partial charge in [-0.2, -0.15) is 0 Å². The van der Waals surface area contributed by atoms with E-state index in [4.69, 9.17) is 9.47 Å². The third-order valence-corrected chi connectivity index (χ3v) is 8.98. The van der Waals surface area contributed by atoms with Crippen LogP contribution in [0.2, 0.25) is 0 Å². The monoisotopic (exact) mass is 668 g/mol. The minimum absolute atomic E-state index is 0.160. The lowest BCUT2D eigenvalue weighted by molar-refractivity contribution is -0.143. The predicted octanol–water partition coefficient (Wildman–Crippen LogP) is 3.36. The van der Waals surface area contributed by atoms with Crippen LogP contribution in [-0.4, -0.2) is 78.9 Å². The Kier molecular flexibility index (Phi) is 12.4. The summed E-state index contributed by atoms with van der Waals surface area (Å²) in [6.07, 6.45) is 3.58. The fourth-order valence-electron chi connectivity index (χ4n) is 6.29. The number of amides is 4. The van der Waals surface area contributed by atoms with E-state index in [0.29, 0.717) is 56.4 Å².